The second-order valence-electron chi connectivity index (χ2n) is 6.00. The Morgan fingerprint density at radius 1 is 1.15 bits per heavy atom. The number of hydrogen-bond acceptors (Lipinski definition) is 4. The van der Waals surface area contributed by atoms with Crippen LogP contribution < -0.4 is 5.32 Å². The minimum absolute atomic E-state index is 0.0860. The number of aryl methyl sites for hydroxylation is 1. The smallest absolute Gasteiger partial charge is 0.335 e. The van der Waals surface area contributed by atoms with E-state index in [1.54, 1.807) is 19.2 Å². The monoisotopic (exact) mass is 350 g/mol. The van der Waals surface area contributed by atoms with Crippen LogP contribution in [0.1, 0.15) is 43.6 Å². The van der Waals surface area contributed by atoms with E-state index in [2.05, 4.69) is 20.7 Å². The molecule has 2 aromatic carbocycles. The zero-order chi connectivity index (χ0) is 18.5. The zero-order valence-corrected chi connectivity index (χ0v) is 14.1. The molecule has 0 aliphatic carbocycles. The van der Waals surface area contributed by atoms with E-state index in [-0.39, 0.29) is 17.5 Å². The molecule has 1 unspecified atom stereocenters. The highest BCUT2D eigenvalue weighted by atomic mass is 16.4. The van der Waals surface area contributed by atoms with Gasteiger partial charge in [0.2, 0.25) is 0 Å². The Hall–Kier alpha value is -3.48. The topological polar surface area (TPSA) is 108 Å². The van der Waals surface area contributed by atoms with Gasteiger partial charge in [-0.1, -0.05) is 30.3 Å². The lowest BCUT2D eigenvalue weighted by Gasteiger charge is -2.18. The highest BCUT2D eigenvalue weighted by Gasteiger charge is 2.19. The molecular formula is C19H18N4O3. The molecule has 0 spiro atoms. The first kappa shape index (κ1) is 17.3. The second kappa shape index (κ2) is 7.60. The third-order valence-electron chi connectivity index (χ3n) is 3.97. The maximum Gasteiger partial charge on any atom is 0.335 e. The fourth-order valence-corrected chi connectivity index (χ4v) is 2.75. The van der Waals surface area contributed by atoms with Crippen LogP contribution >= 0.6 is 0 Å². The summed E-state index contributed by atoms with van der Waals surface area (Å²) in [5.74, 6) is -1.40. The summed E-state index contributed by atoms with van der Waals surface area (Å²) in [6.07, 6.45) is 2.07. The molecule has 0 aliphatic heterocycles. The van der Waals surface area contributed by atoms with Gasteiger partial charge in [0.25, 0.3) is 5.91 Å². The van der Waals surface area contributed by atoms with Crippen molar-refractivity contribution in [3.63, 3.8) is 0 Å². The molecular weight excluding hydrogens is 332 g/mol. The molecule has 3 N–H and O–H groups in total. The lowest BCUT2D eigenvalue weighted by Crippen LogP contribution is -2.30. The van der Waals surface area contributed by atoms with Crippen molar-refractivity contribution in [2.45, 2.75) is 19.4 Å². The normalized spacial score (nSPS) is 11.7. The Morgan fingerprint density at radius 3 is 2.54 bits per heavy atom. The Balaban J connectivity index is 1.86. The van der Waals surface area contributed by atoms with Crippen LogP contribution in [0.4, 0.5) is 0 Å². The summed E-state index contributed by atoms with van der Waals surface area (Å²) in [6, 6.07) is 13.8. The number of rotatable bonds is 6. The summed E-state index contributed by atoms with van der Waals surface area (Å²) in [6.45, 7) is 1.76. The van der Waals surface area contributed by atoms with E-state index in [0.717, 1.165) is 11.3 Å². The van der Waals surface area contributed by atoms with Crippen LogP contribution in [-0.4, -0.2) is 32.4 Å². The maximum atomic E-state index is 12.7. The van der Waals surface area contributed by atoms with E-state index in [1.165, 1.54) is 12.1 Å². The van der Waals surface area contributed by atoms with Gasteiger partial charge in [-0.15, -0.1) is 0 Å². The van der Waals surface area contributed by atoms with Gasteiger partial charge in [0.05, 0.1) is 23.5 Å². The van der Waals surface area contributed by atoms with Crippen LogP contribution in [0.2, 0.25) is 0 Å². The van der Waals surface area contributed by atoms with E-state index in [4.69, 9.17) is 0 Å². The molecule has 0 fully saturated rings. The third-order valence-corrected chi connectivity index (χ3v) is 3.97. The number of carboxylic acid groups (broad SMARTS) is 1. The molecule has 1 amide bonds. The number of benzene rings is 2. The summed E-state index contributed by atoms with van der Waals surface area (Å²) >= 11 is 0. The van der Waals surface area contributed by atoms with E-state index in [0.29, 0.717) is 17.5 Å². The van der Waals surface area contributed by atoms with Gasteiger partial charge in [-0.05, 0) is 36.2 Å². The van der Waals surface area contributed by atoms with E-state index in [9.17, 15) is 14.7 Å². The van der Waals surface area contributed by atoms with Crippen LogP contribution in [0, 0.1) is 6.92 Å². The fraction of sp³-hybridized carbons (Fsp3) is 0.158. The summed E-state index contributed by atoms with van der Waals surface area (Å²) in [7, 11) is 0. The van der Waals surface area contributed by atoms with Crippen LogP contribution in [0.5, 0.6) is 0 Å². The van der Waals surface area contributed by atoms with Gasteiger partial charge in [-0.3, -0.25) is 4.79 Å². The Morgan fingerprint density at radius 2 is 1.88 bits per heavy atom. The van der Waals surface area contributed by atoms with Gasteiger partial charge in [-0.2, -0.15) is 15.4 Å². The molecule has 132 valence electrons. The molecule has 0 bridgehead atoms. The summed E-state index contributed by atoms with van der Waals surface area (Å²) in [5, 5.41) is 22.6. The number of nitrogens with zero attached hydrogens (tertiary/aromatic N) is 2. The minimum atomic E-state index is -1.06. The number of aromatic carboxylic acids is 1. The first-order valence-corrected chi connectivity index (χ1v) is 8.08. The molecule has 7 heteroatoms. The number of nitrogens with one attached hydrogen (secondary N) is 2. The standard InChI is InChI=1S/C19H18N4O3/c1-12-7-14(9-15(8-12)19(25)26)18(24)21-17(10-16-11-20-23-22-16)13-5-3-2-4-6-13/h2-9,11,17H,10H2,1H3,(H,21,24)(H,25,26)(H,20,22,23). The highest BCUT2D eigenvalue weighted by molar-refractivity contribution is 5.98. The number of carboxylic acids is 1. The number of aromatic amines is 1. The van der Waals surface area contributed by atoms with Gasteiger partial charge in [0.1, 0.15) is 0 Å². The van der Waals surface area contributed by atoms with Crippen LogP contribution in [0.25, 0.3) is 0 Å². The molecule has 0 saturated carbocycles. The van der Waals surface area contributed by atoms with Crippen LogP contribution in [0.3, 0.4) is 0 Å². The SMILES string of the molecule is Cc1cc(C(=O)O)cc(C(=O)NC(Cc2cn[nH]n2)c2ccccc2)c1. The molecule has 1 aromatic heterocycles. The molecule has 1 heterocycles. The zero-order valence-electron chi connectivity index (χ0n) is 14.1. The molecule has 7 nitrogen and oxygen atoms in total. The lowest BCUT2D eigenvalue weighted by atomic mass is 10.0. The van der Waals surface area contributed by atoms with Crippen LogP contribution in [0.15, 0.2) is 54.7 Å². The first-order chi connectivity index (χ1) is 12.5. The highest BCUT2D eigenvalue weighted by Crippen LogP contribution is 2.18. The van der Waals surface area contributed by atoms with Crippen molar-refractivity contribution in [3.8, 4) is 0 Å². The Kier molecular flexibility index (Phi) is 5.07. The third kappa shape index (κ3) is 4.13. The van der Waals surface area contributed by atoms with Crippen molar-refractivity contribution in [2.24, 2.45) is 0 Å². The number of H-pyrrole nitrogens is 1. The largest absolute Gasteiger partial charge is 0.478 e. The fourth-order valence-electron chi connectivity index (χ4n) is 2.75. The number of hydrogen-bond donors (Lipinski definition) is 3. The molecule has 3 aromatic rings. The predicted molar refractivity (Wildman–Crippen MR) is 94.9 cm³/mol. The van der Waals surface area contributed by atoms with Crippen molar-refractivity contribution in [1.29, 1.82) is 0 Å². The van der Waals surface area contributed by atoms with Crippen molar-refractivity contribution in [1.82, 2.24) is 20.7 Å². The van der Waals surface area contributed by atoms with Gasteiger partial charge in [-0.25, -0.2) is 4.79 Å². The van der Waals surface area contributed by atoms with E-state index < -0.39 is 5.97 Å². The van der Waals surface area contributed by atoms with Gasteiger partial charge in [0.15, 0.2) is 0 Å². The van der Waals surface area contributed by atoms with Gasteiger partial charge >= 0.3 is 5.97 Å². The molecule has 0 radical (unpaired) electrons. The molecule has 26 heavy (non-hydrogen) atoms. The molecule has 3 rings (SSSR count). The van der Waals surface area contributed by atoms with Crippen molar-refractivity contribution in [3.05, 3.63) is 82.7 Å². The van der Waals surface area contributed by atoms with Gasteiger partial charge in [0, 0.05) is 12.0 Å². The number of amides is 1. The minimum Gasteiger partial charge on any atom is -0.478 e. The number of carbonyl (C=O) groups is 2. The lowest BCUT2D eigenvalue weighted by molar-refractivity contribution is 0.0696. The molecule has 0 saturated heterocycles. The van der Waals surface area contributed by atoms with E-state index >= 15 is 0 Å². The first-order valence-electron chi connectivity index (χ1n) is 8.08. The van der Waals surface area contributed by atoms with Crippen molar-refractivity contribution >= 4 is 11.9 Å². The average Bonchev–Trinajstić information content (AvgIpc) is 3.14. The Labute approximate surface area is 150 Å². The second-order valence-corrected chi connectivity index (χ2v) is 6.00. The van der Waals surface area contributed by atoms with Crippen LogP contribution in [-0.2, 0) is 6.42 Å². The van der Waals surface area contributed by atoms with Gasteiger partial charge < -0.3 is 10.4 Å². The number of aromatic nitrogens is 3. The molecule has 0 aliphatic rings. The van der Waals surface area contributed by atoms with E-state index in [1.807, 2.05) is 30.3 Å². The summed E-state index contributed by atoms with van der Waals surface area (Å²) in [5.41, 5.74) is 2.75. The average molecular weight is 350 g/mol. The quantitative estimate of drug-likeness (QED) is 0.633. The van der Waals surface area contributed by atoms with Crippen molar-refractivity contribution < 1.29 is 14.7 Å². The number of carbonyl (C=O) groups excluding carboxylic acids is 1. The summed E-state index contributed by atoms with van der Waals surface area (Å²) < 4.78 is 0. The maximum absolute atomic E-state index is 12.7. The predicted octanol–water partition coefficient (Wildman–Crippen LogP) is 2.53. The molecule has 1 atom stereocenters. The Bertz CT molecular complexity index is 908. The summed E-state index contributed by atoms with van der Waals surface area (Å²) in [4.78, 5) is 24.0. The van der Waals surface area contributed by atoms with Crippen molar-refractivity contribution in [2.75, 3.05) is 0 Å².